The summed E-state index contributed by atoms with van der Waals surface area (Å²) in [6.07, 6.45) is 5.44. The third-order valence-electron chi connectivity index (χ3n) is 3.86. The molecule has 1 amide bonds. The molecule has 1 fully saturated rings. The van der Waals surface area contributed by atoms with Crippen LogP contribution in [0.2, 0.25) is 0 Å². The maximum absolute atomic E-state index is 12.4. The maximum atomic E-state index is 12.4. The van der Waals surface area contributed by atoms with Gasteiger partial charge in [0.05, 0.1) is 29.8 Å². The van der Waals surface area contributed by atoms with Gasteiger partial charge >= 0.3 is 0 Å². The number of hydrogen-bond acceptors (Lipinski definition) is 6. The summed E-state index contributed by atoms with van der Waals surface area (Å²) in [5.41, 5.74) is 1.87. The molecule has 2 aromatic rings. The minimum absolute atomic E-state index is 0.0693. The second kappa shape index (κ2) is 7.61. The molecule has 6 nitrogen and oxygen atoms in total. The van der Waals surface area contributed by atoms with Gasteiger partial charge in [-0.05, 0) is 25.8 Å². The summed E-state index contributed by atoms with van der Waals surface area (Å²) >= 11 is 1.58. The predicted molar refractivity (Wildman–Crippen MR) is 87.2 cm³/mol. The van der Waals surface area contributed by atoms with Gasteiger partial charge in [-0.1, -0.05) is 0 Å². The Morgan fingerprint density at radius 2 is 2.39 bits per heavy atom. The summed E-state index contributed by atoms with van der Waals surface area (Å²) < 4.78 is 5.78. The molecule has 122 valence electrons. The second-order valence-corrected chi connectivity index (χ2v) is 6.67. The molecule has 0 saturated carbocycles. The van der Waals surface area contributed by atoms with Crippen molar-refractivity contribution >= 4 is 17.2 Å². The van der Waals surface area contributed by atoms with Gasteiger partial charge in [-0.15, -0.1) is 11.3 Å². The first-order valence-electron chi connectivity index (χ1n) is 7.76. The fourth-order valence-electron chi connectivity index (χ4n) is 2.65. The van der Waals surface area contributed by atoms with Gasteiger partial charge in [-0.2, -0.15) is 0 Å². The molecule has 0 N–H and O–H groups in total. The lowest BCUT2D eigenvalue weighted by atomic mass is 10.1. The molecule has 0 radical (unpaired) electrons. The van der Waals surface area contributed by atoms with Crippen molar-refractivity contribution in [2.24, 2.45) is 0 Å². The SMILES string of the molecule is Cc1nc(CC(=O)N2CCO[C@H](CCc3ccncn3)C2)cs1. The smallest absolute Gasteiger partial charge is 0.228 e. The number of hydrogen-bond donors (Lipinski definition) is 0. The molecule has 1 aliphatic heterocycles. The number of morpholine rings is 1. The number of nitrogens with zero attached hydrogens (tertiary/aromatic N) is 4. The Bertz CT molecular complexity index is 647. The topological polar surface area (TPSA) is 68.2 Å². The number of thiazole rings is 1. The Labute approximate surface area is 139 Å². The minimum atomic E-state index is 0.0693. The predicted octanol–water partition coefficient (Wildman–Crippen LogP) is 1.64. The van der Waals surface area contributed by atoms with Crippen molar-refractivity contribution in [3.63, 3.8) is 0 Å². The fourth-order valence-corrected chi connectivity index (χ4v) is 3.26. The highest BCUT2D eigenvalue weighted by Crippen LogP contribution is 2.14. The molecule has 1 aliphatic rings. The molecular weight excluding hydrogens is 312 g/mol. The van der Waals surface area contributed by atoms with Crippen LogP contribution >= 0.6 is 11.3 Å². The highest BCUT2D eigenvalue weighted by molar-refractivity contribution is 7.09. The molecule has 0 bridgehead atoms. The third kappa shape index (κ3) is 4.56. The number of carbonyl (C=O) groups excluding carboxylic acids is 1. The molecule has 0 aromatic carbocycles. The van der Waals surface area contributed by atoms with E-state index in [-0.39, 0.29) is 12.0 Å². The summed E-state index contributed by atoms with van der Waals surface area (Å²) in [5.74, 6) is 0.130. The lowest BCUT2D eigenvalue weighted by molar-refractivity contribution is -0.138. The van der Waals surface area contributed by atoms with Crippen LogP contribution in [0.25, 0.3) is 0 Å². The standard InChI is InChI=1S/C16H20N4O2S/c1-12-19-14(10-23-12)8-16(21)20-6-7-22-15(9-20)3-2-13-4-5-17-11-18-13/h4-5,10-11,15H,2-3,6-9H2,1H3/t15-/m1/s1. The van der Waals surface area contributed by atoms with E-state index in [1.165, 1.54) is 0 Å². The molecule has 0 unspecified atom stereocenters. The first kappa shape index (κ1) is 16.0. The van der Waals surface area contributed by atoms with Gasteiger partial charge in [0.15, 0.2) is 0 Å². The number of rotatable bonds is 5. The zero-order valence-electron chi connectivity index (χ0n) is 13.1. The molecule has 2 aromatic heterocycles. The fraction of sp³-hybridized carbons (Fsp3) is 0.500. The van der Waals surface area contributed by atoms with Crippen LogP contribution in [0.3, 0.4) is 0 Å². The minimum Gasteiger partial charge on any atom is -0.375 e. The molecule has 0 spiro atoms. The van der Waals surface area contributed by atoms with E-state index in [1.807, 2.05) is 23.3 Å². The van der Waals surface area contributed by atoms with Crippen LogP contribution < -0.4 is 0 Å². The molecule has 23 heavy (non-hydrogen) atoms. The van der Waals surface area contributed by atoms with Gasteiger partial charge in [0.1, 0.15) is 6.33 Å². The largest absolute Gasteiger partial charge is 0.375 e. The van der Waals surface area contributed by atoms with E-state index in [4.69, 9.17) is 4.74 Å². The van der Waals surface area contributed by atoms with Crippen LogP contribution in [-0.2, 0) is 22.4 Å². The van der Waals surface area contributed by atoms with E-state index in [0.29, 0.717) is 26.1 Å². The first-order valence-corrected chi connectivity index (χ1v) is 8.64. The van der Waals surface area contributed by atoms with Crippen LogP contribution in [0.1, 0.15) is 22.8 Å². The normalized spacial score (nSPS) is 18.1. The zero-order chi connectivity index (χ0) is 16.1. The number of carbonyl (C=O) groups is 1. The van der Waals surface area contributed by atoms with E-state index in [1.54, 1.807) is 23.9 Å². The molecule has 3 heterocycles. The maximum Gasteiger partial charge on any atom is 0.228 e. The van der Waals surface area contributed by atoms with Crippen LogP contribution in [0.4, 0.5) is 0 Å². The van der Waals surface area contributed by atoms with Gasteiger partial charge < -0.3 is 9.64 Å². The lowest BCUT2D eigenvalue weighted by Crippen LogP contribution is -2.46. The first-order chi connectivity index (χ1) is 11.2. The summed E-state index contributed by atoms with van der Waals surface area (Å²) in [4.78, 5) is 26.8. The van der Waals surface area contributed by atoms with E-state index >= 15 is 0 Å². The monoisotopic (exact) mass is 332 g/mol. The number of aromatic nitrogens is 3. The quantitative estimate of drug-likeness (QED) is 0.833. The van der Waals surface area contributed by atoms with Gasteiger partial charge in [-0.3, -0.25) is 4.79 Å². The van der Waals surface area contributed by atoms with E-state index in [2.05, 4.69) is 15.0 Å². The molecule has 1 saturated heterocycles. The number of aryl methyl sites for hydroxylation is 2. The highest BCUT2D eigenvalue weighted by Gasteiger charge is 2.24. The summed E-state index contributed by atoms with van der Waals surface area (Å²) in [5, 5.41) is 2.96. The van der Waals surface area contributed by atoms with Crippen molar-refractivity contribution in [1.29, 1.82) is 0 Å². The average Bonchev–Trinajstić information content (AvgIpc) is 2.99. The Hall–Kier alpha value is -1.86. The van der Waals surface area contributed by atoms with Crippen LogP contribution in [0.5, 0.6) is 0 Å². The van der Waals surface area contributed by atoms with Crippen molar-refractivity contribution < 1.29 is 9.53 Å². The van der Waals surface area contributed by atoms with Crippen molar-refractivity contribution in [2.45, 2.75) is 32.3 Å². The van der Waals surface area contributed by atoms with Crippen molar-refractivity contribution in [3.8, 4) is 0 Å². The van der Waals surface area contributed by atoms with Crippen molar-refractivity contribution in [2.75, 3.05) is 19.7 Å². The van der Waals surface area contributed by atoms with Gasteiger partial charge in [0, 0.05) is 30.4 Å². The van der Waals surface area contributed by atoms with E-state index in [9.17, 15) is 4.79 Å². The Kier molecular flexibility index (Phi) is 5.30. The Balaban J connectivity index is 1.50. The van der Waals surface area contributed by atoms with Gasteiger partial charge in [-0.25, -0.2) is 15.0 Å². The summed E-state index contributed by atoms with van der Waals surface area (Å²) in [6.45, 7) is 3.85. The molecular formula is C16H20N4O2S. The Morgan fingerprint density at radius 3 is 3.13 bits per heavy atom. The molecule has 7 heteroatoms. The molecule has 0 aliphatic carbocycles. The number of ether oxygens (including phenoxy) is 1. The second-order valence-electron chi connectivity index (χ2n) is 5.61. The number of amides is 1. The van der Waals surface area contributed by atoms with Crippen molar-refractivity contribution in [1.82, 2.24) is 19.9 Å². The third-order valence-corrected chi connectivity index (χ3v) is 4.68. The van der Waals surface area contributed by atoms with E-state index < -0.39 is 0 Å². The van der Waals surface area contributed by atoms with E-state index in [0.717, 1.165) is 29.2 Å². The summed E-state index contributed by atoms with van der Waals surface area (Å²) in [6, 6.07) is 1.91. The highest BCUT2D eigenvalue weighted by atomic mass is 32.1. The van der Waals surface area contributed by atoms with Gasteiger partial charge in [0.2, 0.25) is 5.91 Å². The van der Waals surface area contributed by atoms with Gasteiger partial charge in [0.25, 0.3) is 0 Å². The van der Waals surface area contributed by atoms with Crippen LogP contribution in [-0.4, -0.2) is 51.6 Å². The van der Waals surface area contributed by atoms with Crippen LogP contribution in [0.15, 0.2) is 24.0 Å². The summed E-state index contributed by atoms with van der Waals surface area (Å²) in [7, 11) is 0. The van der Waals surface area contributed by atoms with Crippen LogP contribution in [0, 0.1) is 6.92 Å². The molecule has 3 rings (SSSR count). The average molecular weight is 332 g/mol. The lowest BCUT2D eigenvalue weighted by Gasteiger charge is -2.33. The Morgan fingerprint density at radius 1 is 1.48 bits per heavy atom. The molecule has 1 atom stereocenters. The zero-order valence-corrected chi connectivity index (χ0v) is 14.0. The van der Waals surface area contributed by atoms with Crippen molar-refractivity contribution in [3.05, 3.63) is 40.4 Å².